The molecule has 1 aliphatic carbocycles. The molecule has 2 atom stereocenters. The van der Waals surface area contributed by atoms with Crippen LogP contribution in [0.2, 0.25) is 0 Å². The average molecular weight is 300 g/mol. The molecule has 3 rings (SSSR count). The van der Waals surface area contributed by atoms with Crippen molar-refractivity contribution in [3.05, 3.63) is 29.8 Å². The first-order chi connectivity index (χ1) is 10.6. The average Bonchev–Trinajstić information content (AvgIpc) is 2.73. The van der Waals surface area contributed by atoms with Gasteiger partial charge in [0.1, 0.15) is 6.54 Å². The number of imide groups is 1. The van der Waals surface area contributed by atoms with Gasteiger partial charge in [-0.3, -0.25) is 19.3 Å². The van der Waals surface area contributed by atoms with Gasteiger partial charge in [-0.25, -0.2) is 0 Å². The van der Waals surface area contributed by atoms with E-state index in [1.54, 1.807) is 6.07 Å². The lowest BCUT2D eigenvalue weighted by molar-refractivity contribution is -0.142. The number of nitrogens with one attached hydrogen (secondary N) is 1. The zero-order chi connectivity index (χ0) is 15.7. The summed E-state index contributed by atoms with van der Waals surface area (Å²) in [7, 11) is 0. The van der Waals surface area contributed by atoms with Gasteiger partial charge in [0, 0.05) is 5.69 Å². The van der Waals surface area contributed by atoms with Crippen LogP contribution in [0.4, 0.5) is 5.69 Å². The summed E-state index contributed by atoms with van der Waals surface area (Å²) in [6.07, 6.45) is 3.52. The summed E-state index contributed by atoms with van der Waals surface area (Å²) in [6, 6.07) is 7.43. The van der Waals surface area contributed by atoms with E-state index in [-0.39, 0.29) is 36.1 Å². The van der Waals surface area contributed by atoms with Crippen LogP contribution in [0.5, 0.6) is 0 Å². The third-order valence-electron chi connectivity index (χ3n) is 4.54. The largest absolute Gasteiger partial charge is 0.325 e. The molecule has 5 nitrogen and oxygen atoms in total. The van der Waals surface area contributed by atoms with E-state index >= 15 is 0 Å². The van der Waals surface area contributed by atoms with Crippen molar-refractivity contribution >= 4 is 23.4 Å². The van der Waals surface area contributed by atoms with Crippen molar-refractivity contribution in [2.45, 2.75) is 32.6 Å². The lowest BCUT2D eigenvalue weighted by Crippen LogP contribution is -2.38. The normalized spacial score (nSPS) is 24.3. The molecule has 0 spiro atoms. The molecule has 0 aromatic heterocycles. The van der Waals surface area contributed by atoms with Crippen molar-refractivity contribution in [3.8, 4) is 0 Å². The monoisotopic (exact) mass is 300 g/mol. The van der Waals surface area contributed by atoms with Gasteiger partial charge in [0.15, 0.2) is 0 Å². The highest BCUT2D eigenvalue weighted by Gasteiger charge is 2.48. The fourth-order valence-corrected chi connectivity index (χ4v) is 3.45. The van der Waals surface area contributed by atoms with Crippen LogP contribution < -0.4 is 5.32 Å². The quantitative estimate of drug-likeness (QED) is 0.869. The Kier molecular flexibility index (Phi) is 3.96. The second-order valence-corrected chi connectivity index (χ2v) is 6.18. The Bertz CT molecular complexity index is 602. The van der Waals surface area contributed by atoms with E-state index < -0.39 is 0 Å². The molecule has 1 aromatic rings. The summed E-state index contributed by atoms with van der Waals surface area (Å²) in [6.45, 7) is 1.76. The maximum atomic E-state index is 12.3. The number of carbonyl (C=O) groups excluding carboxylic acids is 3. The molecule has 1 saturated carbocycles. The minimum absolute atomic E-state index is 0.172. The van der Waals surface area contributed by atoms with Crippen molar-refractivity contribution in [3.63, 3.8) is 0 Å². The molecule has 5 heteroatoms. The minimum atomic E-state index is -0.328. The SMILES string of the molecule is Cc1cccc(NC(=O)CN2C(=O)C3CCCCC3C2=O)c1. The smallest absolute Gasteiger partial charge is 0.244 e. The molecule has 1 heterocycles. The highest BCUT2D eigenvalue weighted by atomic mass is 16.2. The van der Waals surface area contributed by atoms with Gasteiger partial charge < -0.3 is 5.32 Å². The number of likely N-dealkylation sites (tertiary alicyclic amines) is 1. The number of benzene rings is 1. The van der Waals surface area contributed by atoms with Gasteiger partial charge in [-0.05, 0) is 37.5 Å². The van der Waals surface area contributed by atoms with Crippen molar-refractivity contribution < 1.29 is 14.4 Å². The molecule has 2 aliphatic rings. The van der Waals surface area contributed by atoms with E-state index in [4.69, 9.17) is 0 Å². The Labute approximate surface area is 129 Å². The second kappa shape index (κ2) is 5.91. The van der Waals surface area contributed by atoms with Gasteiger partial charge in [-0.2, -0.15) is 0 Å². The van der Waals surface area contributed by atoms with Crippen LogP contribution in [-0.2, 0) is 14.4 Å². The summed E-state index contributed by atoms with van der Waals surface area (Å²) in [4.78, 5) is 37.9. The maximum absolute atomic E-state index is 12.3. The Hall–Kier alpha value is -2.17. The van der Waals surface area contributed by atoms with Gasteiger partial charge in [0.2, 0.25) is 17.7 Å². The first kappa shape index (κ1) is 14.8. The van der Waals surface area contributed by atoms with E-state index in [2.05, 4.69) is 5.32 Å². The van der Waals surface area contributed by atoms with Crippen LogP contribution >= 0.6 is 0 Å². The van der Waals surface area contributed by atoms with Crippen LogP contribution in [0.25, 0.3) is 0 Å². The fraction of sp³-hybridized carbons (Fsp3) is 0.471. The van der Waals surface area contributed by atoms with E-state index in [1.807, 2.05) is 25.1 Å². The van der Waals surface area contributed by atoms with Gasteiger partial charge in [-0.15, -0.1) is 0 Å². The molecule has 1 aliphatic heterocycles. The first-order valence-electron chi connectivity index (χ1n) is 7.78. The first-order valence-corrected chi connectivity index (χ1v) is 7.78. The number of fused-ring (bicyclic) bond motifs is 1. The highest BCUT2D eigenvalue weighted by Crippen LogP contribution is 2.37. The Morgan fingerprint density at radius 3 is 2.41 bits per heavy atom. The lowest BCUT2D eigenvalue weighted by atomic mass is 9.81. The van der Waals surface area contributed by atoms with Gasteiger partial charge in [-0.1, -0.05) is 25.0 Å². The summed E-state index contributed by atoms with van der Waals surface area (Å²) in [5, 5.41) is 2.75. The summed E-state index contributed by atoms with van der Waals surface area (Å²) in [5.74, 6) is -1.07. The van der Waals surface area contributed by atoms with Gasteiger partial charge >= 0.3 is 0 Å². The van der Waals surface area contributed by atoms with E-state index in [9.17, 15) is 14.4 Å². The Balaban J connectivity index is 1.66. The molecule has 1 N–H and O–H groups in total. The van der Waals surface area contributed by atoms with Crippen LogP contribution in [0.3, 0.4) is 0 Å². The number of rotatable bonds is 3. The highest BCUT2D eigenvalue weighted by molar-refractivity contribution is 6.08. The number of hydrogen-bond acceptors (Lipinski definition) is 3. The topological polar surface area (TPSA) is 66.5 Å². The number of carbonyl (C=O) groups is 3. The predicted molar refractivity (Wildman–Crippen MR) is 82.0 cm³/mol. The second-order valence-electron chi connectivity index (χ2n) is 6.18. The molecular formula is C17H20N2O3. The van der Waals surface area contributed by atoms with E-state index in [1.165, 1.54) is 0 Å². The standard InChI is InChI=1S/C17H20N2O3/c1-11-5-4-6-12(9-11)18-15(20)10-19-16(21)13-7-2-3-8-14(13)17(19)22/h4-6,9,13-14H,2-3,7-8,10H2,1H3,(H,18,20). The summed E-state index contributed by atoms with van der Waals surface area (Å²) >= 11 is 0. The van der Waals surface area contributed by atoms with Crippen LogP contribution in [0.1, 0.15) is 31.2 Å². The molecule has 0 radical (unpaired) electrons. The number of anilines is 1. The van der Waals surface area contributed by atoms with Crippen molar-refractivity contribution in [2.24, 2.45) is 11.8 Å². The third kappa shape index (κ3) is 2.75. The number of aryl methyl sites for hydroxylation is 1. The van der Waals surface area contributed by atoms with Crippen molar-refractivity contribution in [1.29, 1.82) is 0 Å². The van der Waals surface area contributed by atoms with Crippen LogP contribution in [-0.4, -0.2) is 29.2 Å². The molecule has 0 bridgehead atoms. The molecular weight excluding hydrogens is 280 g/mol. The van der Waals surface area contributed by atoms with Crippen molar-refractivity contribution in [2.75, 3.05) is 11.9 Å². The predicted octanol–water partition coefficient (Wildman–Crippen LogP) is 2.11. The third-order valence-corrected chi connectivity index (χ3v) is 4.54. The van der Waals surface area contributed by atoms with Crippen LogP contribution in [0.15, 0.2) is 24.3 Å². The van der Waals surface area contributed by atoms with Crippen molar-refractivity contribution in [1.82, 2.24) is 4.90 Å². The minimum Gasteiger partial charge on any atom is -0.325 e. The molecule has 116 valence electrons. The Morgan fingerprint density at radius 1 is 1.18 bits per heavy atom. The molecule has 2 unspecified atom stereocenters. The maximum Gasteiger partial charge on any atom is 0.244 e. The molecule has 2 fully saturated rings. The molecule has 3 amide bonds. The summed E-state index contributed by atoms with van der Waals surface area (Å²) < 4.78 is 0. The van der Waals surface area contributed by atoms with E-state index in [0.29, 0.717) is 5.69 Å². The lowest BCUT2D eigenvalue weighted by Gasteiger charge is -2.19. The van der Waals surface area contributed by atoms with E-state index in [0.717, 1.165) is 36.1 Å². The zero-order valence-electron chi connectivity index (χ0n) is 12.7. The fourth-order valence-electron chi connectivity index (χ4n) is 3.45. The number of nitrogens with zero attached hydrogens (tertiary/aromatic N) is 1. The zero-order valence-corrected chi connectivity index (χ0v) is 12.7. The number of amides is 3. The van der Waals surface area contributed by atoms with Gasteiger partial charge in [0.05, 0.1) is 11.8 Å². The molecule has 1 saturated heterocycles. The molecule has 1 aromatic carbocycles. The Morgan fingerprint density at radius 2 is 1.82 bits per heavy atom. The number of hydrogen-bond donors (Lipinski definition) is 1. The molecule has 22 heavy (non-hydrogen) atoms. The summed E-state index contributed by atoms with van der Waals surface area (Å²) in [5.41, 5.74) is 1.72. The van der Waals surface area contributed by atoms with Crippen LogP contribution in [0, 0.1) is 18.8 Å². The van der Waals surface area contributed by atoms with Gasteiger partial charge in [0.25, 0.3) is 0 Å².